The van der Waals surface area contributed by atoms with Gasteiger partial charge in [-0.1, -0.05) is 18.2 Å². The van der Waals surface area contributed by atoms with Gasteiger partial charge in [-0.15, -0.1) is 0 Å². The Morgan fingerprint density at radius 3 is 2.57 bits per heavy atom. The Bertz CT molecular complexity index is 723. The van der Waals surface area contributed by atoms with Gasteiger partial charge in [-0.05, 0) is 47.4 Å². The minimum Gasteiger partial charge on any atom is -0.478 e. The van der Waals surface area contributed by atoms with Crippen molar-refractivity contribution in [3.8, 4) is 0 Å². The van der Waals surface area contributed by atoms with Gasteiger partial charge in [0.2, 0.25) is 5.91 Å². The van der Waals surface area contributed by atoms with Crippen molar-refractivity contribution in [2.45, 2.75) is 25.8 Å². The van der Waals surface area contributed by atoms with Gasteiger partial charge >= 0.3 is 5.97 Å². The first-order valence-electron chi connectivity index (χ1n) is 7.10. The van der Waals surface area contributed by atoms with Gasteiger partial charge in [-0.3, -0.25) is 4.79 Å². The number of likely N-dealkylation sites (tertiary alicyclic amines) is 1. The van der Waals surface area contributed by atoms with E-state index in [0.717, 1.165) is 35.7 Å². The molecule has 1 atom stereocenters. The molecule has 1 aliphatic rings. The summed E-state index contributed by atoms with van der Waals surface area (Å²) < 4.78 is 0. The van der Waals surface area contributed by atoms with E-state index in [0.29, 0.717) is 5.56 Å². The normalized spacial score (nSPS) is 18.1. The molecule has 0 saturated carbocycles. The monoisotopic (exact) mass is 283 g/mol. The highest BCUT2D eigenvalue weighted by Gasteiger charge is 2.27. The van der Waals surface area contributed by atoms with E-state index in [2.05, 4.69) is 6.07 Å². The molecule has 0 radical (unpaired) electrons. The third-order valence-corrected chi connectivity index (χ3v) is 4.15. The number of carbonyl (C=O) groups is 2. The van der Waals surface area contributed by atoms with Crippen molar-refractivity contribution in [1.29, 1.82) is 0 Å². The van der Waals surface area contributed by atoms with Crippen LogP contribution in [0.25, 0.3) is 10.8 Å². The smallest absolute Gasteiger partial charge is 0.335 e. The van der Waals surface area contributed by atoms with E-state index < -0.39 is 5.97 Å². The average molecular weight is 283 g/mol. The Hall–Kier alpha value is -2.36. The van der Waals surface area contributed by atoms with E-state index in [9.17, 15) is 9.59 Å². The Labute approximate surface area is 123 Å². The van der Waals surface area contributed by atoms with Crippen LogP contribution in [0.15, 0.2) is 36.4 Å². The van der Waals surface area contributed by atoms with Crippen LogP contribution in [0, 0.1) is 0 Å². The largest absolute Gasteiger partial charge is 0.478 e. The second kappa shape index (κ2) is 5.20. The summed E-state index contributed by atoms with van der Waals surface area (Å²) in [5.41, 5.74) is 1.42. The van der Waals surface area contributed by atoms with Gasteiger partial charge in [0.15, 0.2) is 0 Å². The van der Waals surface area contributed by atoms with E-state index in [1.807, 2.05) is 23.1 Å². The molecule has 3 rings (SSSR count). The minimum absolute atomic E-state index is 0.110. The minimum atomic E-state index is -0.917. The molecule has 108 valence electrons. The lowest BCUT2D eigenvalue weighted by Crippen LogP contribution is -2.27. The van der Waals surface area contributed by atoms with Gasteiger partial charge in [0.25, 0.3) is 0 Å². The quantitative estimate of drug-likeness (QED) is 0.920. The van der Waals surface area contributed by atoms with E-state index in [-0.39, 0.29) is 11.9 Å². The van der Waals surface area contributed by atoms with Crippen molar-refractivity contribution in [1.82, 2.24) is 4.90 Å². The number of benzene rings is 2. The molecule has 1 N–H and O–H groups in total. The lowest BCUT2D eigenvalue weighted by Gasteiger charge is -2.24. The van der Waals surface area contributed by atoms with Crippen molar-refractivity contribution in [2.75, 3.05) is 6.54 Å². The molecule has 1 amide bonds. The van der Waals surface area contributed by atoms with Crippen LogP contribution >= 0.6 is 0 Å². The number of fused-ring (bicyclic) bond motifs is 1. The molecular formula is C17H17NO3. The number of carbonyl (C=O) groups excluding carboxylic acids is 1. The van der Waals surface area contributed by atoms with E-state index in [4.69, 9.17) is 5.11 Å². The zero-order valence-corrected chi connectivity index (χ0v) is 11.9. The summed E-state index contributed by atoms with van der Waals surface area (Å²) in [7, 11) is 0. The average Bonchev–Trinajstić information content (AvgIpc) is 2.95. The van der Waals surface area contributed by atoms with E-state index >= 15 is 0 Å². The molecule has 1 aliphatic heterocycles. The number of nitrogens with zero attached hydrogens (tertiary/aromatic N) is 1. The molecule has 0 spiro atoms. The number of amides is 1. The molecule has 1 fully saturated rings. The number of hydrogen-bond acceptors (Lipinski definition) is 2. The molecule has 1 unspecified atom stereocenters. The van der Waals surface area contributed by atoms with E-state index in [1.54, 1.807) is 19.1 Å². The number of carboxylic acids is 1. The van der Waals surface area contributed by atoms with Crippen LogP contribution in [0.1, 0.15) is 41.7 Å². The van der Waals surface area contributed by atoms with Gasteiger partial charge < -0.3 is 10.0 Å². The molecule has 0 aromatic heterocycles. The number of rotatable bonds is 2. The molecule has 2 aromatic carbocycles. The van der Waals surface area contributed by atoms with Gasteiger partial charge in [0.05, 0.1) is 11.6 Å². The van der Waals surface area contributed by atoms with Gasteiger partial charge in [0.1, 0.15) is 0 Å². The molecule has 4 heteroatoms. The van der Waals surface area contributed by atoms with Gasteiger partial charge in [0, 0.05) is 13.5 Å². The zero-order chi connectivity index (χ0) is 15.0. The SMILES string of the molecule is CC(=O)N1CCCC1c1ccc2cc(C(=O)O)ccc2c1. The van der Waals surface area contributed by atoms with Crippen LogP contribution in [0.2, 0.25) is 0 Å². The maximum Gasteiger partial charge on any atom is 0.335 e. The molecule has 4 nitrogen and oxygen atoms in total. The highest BCUT2D eigenvalue weighted by molar-refractivity contribution is 5.94. The topological polar surface area (TPSA) is 57.6 Å². The summed E-state index contributed by atoms with van der Waals surface area (Å²) in [6.07, 6.45) is 2.01. The fraction of sp³-hybridized carbons (Fsp3) is 0.294. The van der Waals surface area contributed by atoms with Gasteiger partial charge in [-0.25, -0.2) is 4.79 Å². The summed E-state index contributed by atoms with van der Waals surface area (Å²) in [4.78, 5) is 24.6. The van der Waals surface area contributed by atoms with Crippen LogP contribution in [0.4, 0.5) is 0 Å². The van der Waals surface area contributed by atoms with Crippen molar-refractivity contribution in [3.05, 3.63) is 47.5 Å². The van der Waals surface area contributed by atoms with Crippen molar-refractivity contribution < 1.29 is 14.7 Å². The number of hydrogen-bond donors (Lipinski definition) is 1. The number of carboxylic acid groups (broad SMARTS) is 1. The predicted octanol–water partition coefficient (Wildman–Crippen LogP) is 3.22. The van der Waals surface area contributed by atoms with E-state index in [1.165, 1.54) is 0 Å². The third kappa shape index (κ3) is 2.49. The van der Waals surface area contributed by atoms with Crippen molar-refractivity contribution in [2.24, 2.45) is 0 Å². The first-order valence-corrected chi connectivity index (χ1v) is 7.10. The Balaban J connectivity index is 1.99. The fourth-order valence-electron chi connectivity index (χ4n) is 3.09. The summed E-state index contributed by atoms with van der Waals surface area (Å²) in [6, 6.07) is 11.3. The van der Waals surface area contributed by atoms with Crippen molar-refractivity contribution >= 4 is 22.6 Å². The molecule has 2 aromatic rings. The number of aromatic carboxylic acids is 1. The van der Waals surface area contributed by atoms with Crippen LogP contribution in [-0.2, 0) is 4.79 Å². The first-order chi connectivity index (χ1) is 10.1. The molecule has 1 saturated heterocycles. The van der Waals surface area contributed by atoms with Crippen LogP contribution < -0.4 is 0 Å². The summed E-state index contributed by atoms with van der Waals surface area (Å²) in [5, 5.41) is 10.9. The molecule has 0 bridgehead atoms. The maximum absolute atomic E-state index is 11.7. The second-order valence-corrected chi connectivity index (χ2v) is 5.50. The lowest BCUT2D eigenvalue weighted by atomic mass is 9.99. The summed E-state index contributed by atoms with van der Waals surface area (Å²) in [6.45, 7) is 2.43. The molecule has 21 heavy (non-hydrogen) atoms. The fourth-order valence-corrected chi connectivity index (χ4v) is 3.09. The zero-order valence-electron chi connectivity index (χ0n) is 11.9. The van der Waals surface area contributed by atoms with Crippen LogP contribution in [0.3, 0.4) is 0 Å². The predicted molar refractivity (Wildman–Crippen MR) is 80.3 cm³/mol. The van der Waals surface area contributed by atoms with Crippen molar-refractivity contribution in [3.63, 3.8) is 0 Å². The van der Waals surface area contributed by atoms with Crippen LogP contribution in [0.5, 0.6) is 0 Å². The third-order valence-electron chi connectivity index (χ3n) is 4.15. The standard InChI is InChI=1S/C17H17NO3/c1-11(19)18-8-2-3-16(18)14-6-4-13-10-15(17(20)21)7-5-12(13)9-14/h4-7,9-10,16H,2-3,8H2,1H3,(H,20,21). The lowest BCUT2D eigenvalue weighted by molar-refractivity contribution is -0.129. The molecule has 1 heterocycles. The highest BCUT2D eigenvalue weighted by Crippen LogP contribution is 2.33. The highest BCUT2D eigenvalue weighted by atomic mass is 16.4. The van der Waals surface area contributed by atoms with Gasteiger partial charge in [-0.2, -0.15) is 0 Å². The molecule has 0 aliphatic carbocycles. The Morgan fingerprint density at radius 2 is 1.86 bits per heavy atom. The van der Waals surface area contributed by atoms with Crippen LogP contribution in [-0.4, -0.2) is 28.4 Å². The Kier molecular flexibility index (Phi) is 3.37. The second-order valence-electron chi connectivity index (χ2n) is 5.50. The maximum atomic E-state index is 11.7. The molecular weight excluding hydrogens is 266 g/mol. The first kappa shape index (κ1) is 13.6. The summed E-state index contributed by atoms with van der Waals surface area (Å²) >= 11 is 0. The Morgan fingerprint density at radius 1 is 1.14 bits per heavy atom. The summed E-state index contributed by atoms with van der Waals surface area (Å²) in [5.74, 6) is -0.807.